The molecule has 7 nitrogen and oxygen atoms in total. The van der Waals surface area contributed by atoms with Crippen LogP contribution in [0, 0.1) is 0 Å². The zero-order valence-corrected chi connectivity index (χ0v) is 15.7. The lowest BCUT2D eigenvalue weighted by Gasteiger charge is -2.11. The van der Waals surface area contributed by atoms with Gasteiger partial charge in [0.1, 0.15) is 5.75 Å². The Labute approximate surface area is 163 Å². The summed E-state index contributed by atoms with van der Waals surface area (Å²) in [5.74, 6) is -0.523. The number of hydrogen-bond donors (Lipinski definition) is 1. The number of halogens is 3. The van der Waals surface area contributed by atoms with E-state index in [2.05, 4.69) is 14.6 Å². The van der Waals surface area contributed by atoms with E-state index in [1.54, 1.807) is 18.2 Å². The highest BCUT2D eigenvalue weighted by Gasteiger charge is 2.31. The topological polar surface area (TPSA) is 90.3 Å². The van der Waals surface area contributed by atoms with Gasteiger partial charge in [0.25, 0.3) is 15.6 Å². The molecular formula is C18H14F3N3O4S. The number of nitrogens with one attached hydrogen (secondary N) is 1. The summed E-state index contributed by atoms with van der Waals surface area (Å²) in [7, 11) is -2.50. The molecule has 0 saturated heterocycles. The van der Waals surface area contributed by atoms with E-state index in [0.29, 0.717) is 11.3 Å². The molecule has 0 aliphatic rings. The zero-order chi connectivity index (χ0) is 21.2. The van der Waals surface area contributed by atoms with Crippen LogP contribution in [0.1, 0.15) is 0 Å². The van der Waals surface area contributed by atoms with Gasteiger partial charge in [0.2, 0.25) is 0 Å². The van der Waals surface area contributed by atoms with Gasteiger partial charge in [-0.25, -0.2) is 13.1 Å². The third-order valence-corrected chi connectivity index (χ3v) is 5.16. The van der Waals surface area contributed by atoms with Gasteiger partial charge in [0, 0.05) is 24.4 Å². The van der Waals surface area contributed by atoms with Crippen LogP contribution in [-0.4, -0.2) is 24.6 Å². The molecular weight excluding hydrogens is 411 g/mol. The van der Waals surface area contributed by atoms with Gasteiger partial charge in [-0.3, -0.25) is 9.52 Å². The molecule has 0 bridgehead atoms. The average molecular weight is 425 g/mol. The minimum Gasteiger partial charge on any atom is -0.406 e. The molecule has 0 aliphatic carbocycles. The van der Waals surface area contributed by atoms with Crippen molar-refractivity contribution in [2.45, 2.75) is 11.3 Å². The highest BCUT2D eigenvalue weighted by molar-refractivity contribution is 7.92. The van der Waals surface area contributed by atoms with E-state index in [1.165, 1.54) is 29.9 Å². The number of hydrogen-bond acceptors (Lipinski definition) is 5. The SMILES string of the molecule is Cn1nc(-c2ccc(NS(=O)(=O)c3ccc(OC(F)(F)F)cc3)cc2)ccc1=O. The second-order valence-corrected chi connectivity index (χ2v) is 7.56. The minimum absolute atomic E-state index is 0.226. The largest absolute Gasteiger partial charge is 0.573 e. The first-order chi connectivity index (χ1) is 13.5. The van der Waals surface area contributed by atoms with Crippen molar-refractivity contribution in [1.82, 2.24) is 9.78 Å². The first-order valence-corrected chi connectivity index (χ1v) is 9.55. The summed E-state index contributed by atoms with van der Waals surface area (Å²) in [5, 5.41) is 4.10. The number of sulfonamides is 1. The van der Waals surface area contributed by atoms with E-state index in [0.717, 1.165) is 24.3 Å². The van der Waals surface area contributed by atoms with Crippen molar-refractivity contribution < 1.29 is 26.3 Å². The van der Waals surface area contributed by atoms with Crippen LogP contribution in [0.5, 0.6) is 5.75 Å². The zero-order valence-electron chi connectivity index (χ0n) is 14.8. The van der Waals surface area contributed by atoms with Crippen molar-refractivity contribution in [3.05, 3.63) is 71.0 Å². The predicted octanol–water partition coefficient (Wildman–Crippen LogP) is 3.15. The van der Waals surface area contributed by atoms with E-state index in [9.17, 15) is 26.4 Å². The summed E-state index contributed by atoms with van der Waals surface area (Å²) in [6.45, 7) is 0. The molecule has 1 aromatic heterocycles. The normalized spacial score (nSPS) is 11.9. The molecule has 3 rings (SSSR count). The molecule has 0 saturated carbocycles. The number of anilines is 1. The van der Waals surface area contributed by atoms with E-state index in [1.807, 2.05) is 0 Å². The van der Waals surface area contributed by atoms with E-state index >= 15 is 0 Å². The van der Waals surface area contributed by atoms with Crippen LogP contribution in [0.25, 0.3) is 11.3 Å². The third-order valence-electron chi connectivity index (χ3n) is 3.76. The van der Waals surface area contributed by atoms with Crippen LogP contribution < -0.4 is 15.0 Å². The van der Waals surface area contributed by atoms with E-state index in [4.69, 9.17) is 0 Å². The lowest BCUT2D eigenvalue weighted by Crippen LogP contribution is -2.18. The maximum Gasteiger partial charge on any atom is 0.573 e. The Kier molecular flexibility index (Phi) is 5.33. The standard InChI is InChI=1S/C18H14F3N3O4S/c1-24-17(25)11-10-16(22-24)12-2-4-13(5-3-12)23-29(26,27)15-8-6-14(7-9-15)28-18(19,20)21/h2-11,23H,1H3. The van der Waals surface area contributed by atoms with Crippen molar-refractivity contribution in [2.75, 3.05) is 4.72 Å². The van der Waals surface area contributed by atoms with Crippen molar-refractivity contribution in [1.29, 1.82) is 0 Å². The summed E-state index contributed by atoms with van der Waals surface area (Å²) in [5.41, 5.74) is 1.18. The second kappa shape index (κ2) is 7.59. The Balaban J connectivity index is 1.76. The van der Waals surface area contributed by atoms with Gasteiger partial charge in [0.15, 0.2) is 0 Å². The first-order valence-electron chi connectivity index (χ1n) is 8.07. The number of benzene rings is 2. The fourth-order valence-corrected chi connectivity index (χ4v) is 3.46. The number of nitrogens with zero attached hydrogens (tertiary/aromatic N) is 2. The third kappa shape index (κ3) is 5.13. The molecule has 0 radical (unpaired) electrons. The molecule has 0 fully saturated rings. The summed E-state index contributed by atoms with van der Waals surface area (Å²) in [6, 6.07) is 13.0. The van der Waals surface area contributed by atoms with Crippen LogP contribution in [0.3, 0.4) is 0 Å². The quantitative estimate of drug-likeness (QED) is 0.678. The van der Waals surface area contributed by atoms with Gasteiger partial charge in [-0.05, 0) is 42.5 Å². The van der Waals surface area contributed by atoms with Crippen LogP contribution in [-0.2, 0) is 17.1 Å². The summed E-state index contributed by atoms with van der Waals surface area (Å²) in [4.78, 5) is 11.2. The molecule has 0 unspecified atom stereocenters. The number of ether oxygens (including phenoxy) is 1. The van der Waals surface area contributed by atoms with Crippen LogP contribution in [0.15, 0.2) is 70.4 Å². The second-order valence-electron chi connectivity index (χ2n) is 5.88. The number of alkyl halides is 3. The smallest absolute Gasteiger partial charge is 0.406 e. The van der Waals surface area contributed by atoms with Crippen LogP contribution >= 0.6 is 0 Å². The Bertz CT molecular complexity index is 1170. The Hall–Kier alpha value is -3.34. The molecule has 3 aromatic rings. The maximum absolute atomic E-state index is 12.4. The van der Waals surface area contributed by atoms with E-state index in [-0.39, 0.29) is 16.1 Å². The highest BCUT2D eigenvalue weighted by atomic mass is 32.2. The van der Waals surface area contributed by atoms with Gasteiger partial charge in [-0.1, -0.05) is 12.1 Å². The molecule has 0 amide bonds. The summed E-state index contributed by atoms with van der Waals surface area (Å²) >= 11 is 0. The molecule has 0 aliphatic heterocycles. The predicted molar refractivity (Wildman–Crippen MR) is 98.8 cm³/mol. The Morgan fingerprint density at radius 2 is 1.59 bits per heavy atom. The van der Waals surface area contributed by atoms with Crippen molar-refractivity contribution in [3.63, 3.8) is 0 Å². The Morgan fingerprint density at radius 1 is 0.966 bits per heavy atom. The lowest BCUT2D eigenvalue weighted by molar-refractivity contribution is -0.274. The molecule has 11 heteroatoms. The molecule has 29 heavy (non-hydrogen) atoms. The molecule has 0 spiro atoms. The monoisotopic (exact) mass is 425 g/mol. The molecule has 0 atom stereocenters. The van der Waals surface area contributed by atoms with Crippen LogP contribution in [0.4, 0.5) is 18.9 Å². The van der Waals surface area contributed by atoms with Gasteiger partial charge < -0.3 is 4.74 Å². The van der Waals surface area contributed by atoms with E-state index < -0.39 is 22.1 Å². The number of rotatable bonds is 5. The molecule has 1 heterocycles. The van der Waals surface area contributed by atoms with Crippen molar-refractivity contribution in [2.24, 2.45) is 7.05 Å². The van der Waals surface area contributed by atoms with Gasteiger partial charge >= 0.3 is 6.36 Å². The fraction of sp³-hybridized carbons (Fsp3) is 0.111. The first kappa shape index (κ1) is 20.4. The number of aromatic nitrogens is 2. The van der Waals surface area contributed by atoms with Crippen LogP contribution in [0.2, 0.25) is 0 Å². The maximum atomic E-state index is 12.4. The average Bonchev–Trinajstić information content (AvgIpc) is 2.63. The molecule has 1 N–H and O–H groups in total. The van der Waals surface area contributed by atoms with Gasteiger partial charge in [-0.15, -0.1) is 13.2 Å². The molecule has 152 valence electrons. The minimum atomic E-state index is -4.86. The summed E-state index contributed by atoms with van der Waals surface area (Å²) in [6.07, 6.45) is -4.86. The van der Waals surface area contributed by atoms with Gasteiger partial charge in [0.05, 0.1) is 10.6 Å². The summed E-state index contributed by atoms with van der Waals surface area (Å²) < 4.78 is 68.6. The lowest BCUT2D eigenvalue weighted by atomic mass is 10.1. The van der Waals surface area contributed by atoms with Crippen molar-refractivity contribution in [3.8, 4) is 17.0 Å². The van der Waals surface area contributed by atoms with Crippen molar-refractivity contribution >= 4 is 15.7 Å². The Morgan fingerprint density at radius 3 is 2.14 bits per heavy atom. The van der Waals surface area contributed by atoms with Gasteiger partial charge in [-0.2, -0.15) is 5.10 Å². The highest BCUT2D eigenvalue weighted by Crippen LogP contribution is 2.25. The molecule has 2 aromatic carbocycles. The number of aryl methyl sites for hydroxylation is 1. The fourth-order valence-electron chi connectivity index (χ4n) is 2.40.